The Labute approximate surface area is 128 Å². The predicted octanol–water partition coefficient (Wildman–Crippen LogP) is 4.95. The highest BCUT2D eigenvalue weighted by molar-refractivity contribution is 9.10. The number of aryl methyl sites for hydroxylation is 1. The van der Waals surface area contributed by atoms with Gasteiger partial charge in [0, 0.05) is 0 Å². The fourth-order valence-corrected chi connectivity index (χ4v) is 3.05. The second-order valence-electron chi connectivity index (χ2n) is 5.18. The summed E-state index contributed by atoms with van der Waals surface area (Å²) in [5, 5.41) is 3.52. The van der Waals surface area contributed by atoms with Crippen molar-refractivity contribution in [3.05, 3.63) is 58.1 Å². The molecule has 0 saturated heterocycles. The minimum absolute atomic E-state index is 0.0344. The highest BCUT2D eigenvalue weighted by atomic mass is 79.9. The fourth-order valence-electron chi connectivity index (χ4n) is 2.59. The van der Waals surface area contributed by atoms with Crippen LogP contribution in [0.15, 0.2) is 46.9 Å². The number of hydrogen-bond donors (Lipinski definition) is 1. The summed E-state index contributed by atoms with van der Waals surface area (Å²) in [5.74, 6) is 0.898. The van der Waals surface area contributed by atoms with Crippen LogP contribution < -0.4 is 10.1 Å². The molecule has 104 valence electrons. The van der Waals surface area contributed by atoms with Crippen LogP contribution in [0.25, 0.3) is 0 Å². The summed E-state index contributed by atoms with van der Waals surface area (Å²) < 4.78 is 7.22. The standard InChI is InChI=1S/C17H18BrNO/c1-3-12-7-9-13(10-8-12)16-11(2)19-15-6-4-5-14(18)17(15)20-16/h4-11,16,19H,3H2,1-2H3. The molecule has 0 bridgehead atoms. The number of para-hydroxylation sites is 1. The highest BCUT2D eigenvalue weighted by Gasteiger charge is 2.28. The van der Waals surface area contributed by atoms with E-state index in [0.717, 1.165) is 22.3 Å². The van der Waals surface area contributed by atoms with Crippen molar-refractivity contribution in [2.75, 3.05) is 5.32 Å². The summed E-state index contributed by atoms with van der Waals surface area (Å²) in [6.07, 6.45) is 1.10. The Kier molecular flexibility index (Phi) is 3.70. The molecule has 0 aliphatic carbocycles. The number of benzene rings is 2. The quantitative estimate of drug-likeness (QED) is 0.840. The van der Waals surface area contributed by atoms with E-state index >= 15 is 0 Å². The molecule has 2 unspecified atom stereocenters. The number of ether oxygens (including phenoxy) is 1. The Morgan fingerprint density at radius 1 is 1.15 bits per heavy atom. The number of nitrogens with one attached hydrogen (secondary N) is 1. The molecule has 2 nitrogen and oxygen atoms in total. The Bertz CT molecular complexity index is 609. The molecule has 0 radical (unpaired) electrons. The molecule has 1 N–H and O–H groups in total. The molecule has 2 aromatic carbocycles. The Balaban J connectivity index is 1.93. The van der Waals surface area contributed by atoms with Gasteiger partial charge in [-0.25, -0.2) is 0 Å². The second kappa shape index (κ2) is 5.49. The smallest absolute Gasteiger partial charge is 0.157 e. The zero-order valence-corrected chi connectivity index (χ0v) is 13.3. The molecule has 0 saturated carbocycles. The average Bonchev–Trinajstić information content (AvgIpc) is 2.47. The minimum Gasteiger partial charge on any atom is -0.480 e. The van der Waals surface area contributed by atoms with Crippen molar-refractivity contribution in [2.45, 2.75) is 32.4 Å². The fraction of sp³-hybridized carbons (Fsp3) is 0.294. The molecular weight excluding hydrogens is 314 g/mol. The van der Waals surface area contributed by atoms with Crippen LogP contribution in [0.3, 0.4) is 0 Å². The Morgan fingerprint density at radius 2 is 1.90 bits per heavy atom. The van der Waals surface area contributed by atoms with Gasteiger partial charge in [0.15, 0.2) is 5.75 Å². The lowest BCUT2D eigenvalue weighted by Gasteiger charge is -2.34. The zero-order chi connectivity index (χ0) is 14.1. The van der Waals surface area contributed by atoms with E-state index in [1.54, 1.807) is 0 Å². The third-order valence-electron chi connectivity index (χ3n) is 3.77. The molecule has 0 amide bonds. The van der Waals surface area contributed by atoms with E-state index in [2.05, 4.69) is 59.4 Å². The van der Waals surface area contributed by atoms with Crippen LogP contribution >= 0.6 is 15.9 Å². The molecule has 3 heteroatoms. The third-order valence-corrected chi connectivity index (χ3v) is 4.39. The average molecular weight is 332 g/mol. The first kappa shape index (κ1) is 13.5. The normalized spacial score (nSPS) is 20.8. The molecule has 0 spiro atoms. The van der Waals surface area contributed by atoms with Gasteiger partial charge in [-0.05, 0) is 52.5 Å². The molecule has 1 heterocycles. The molecular formula is C17H18BrNO. The molecule has 20 heavy (non-hydrogen) atoms. The van der Waals surface area contributed by atoms with Gasteiger partial charge in [0.25, 0.3) is 0 Å². The topological polar surface area (TPSA) is 21.3 Å². The summed E-state index contributed by atoms with van der Waals surface area (Å²) >= 11 is 3.56. The van der Waals surface area contributed by atoms with Crippen LogP contribution in [-0.4, -0.2) is 6.04 Å². The molecule has 2 atom stereocenters. The lowest BCUT2D eigenvalue weighted by atomic mass is 9.99. The maximum absolute atomic E-state index is 6.23. The number of anilines is 1. The first-order valence-electron chi connectivity index (χ1n) is 6.99. The van der Waals surface area contributed by atoms with Crippen LogP contribution in [0.4, 0.5) is 5.69 Å². The molecule has 3 rings (SSSR count). The van der Waals surface area contributed by atoms with E-state index in [1.165, 1.54) is 11.1 Å². The van der Waals surface area contributed by atoms with Gasteiger partial charge in [0.05, 0.1) is 16.2 Å². The van der Waals surface area contributed by atoms with E-state index in [4.69, 9.17) is 4.74 Å². The van der Waals surface area contributed by atoms with Crippen LogP contribution in [0.2, 0.25) is 0 Å². The van der Waals surface area contributed by atoms with Crippen molar-refractivity contribution >= 4 is 21.6 Å². The second-order valence-corrected chi connectivity index (χ2v) is 6.04. The monoisotopic (exact) mass is 331 g/mol. The lowest BCUT2D eigenvalue weighted by molar-refractivity contribution is 0.176. The van der Waals surface area contributed by atoms with Crippen molar-refractivity contribution in [1.82, 2.24) is 0 Å². The number of halogens is 1. The van der Waals surface area contributed by atoms with Gasteiger partial charge in [-0.3, -0.25) is 0 Å². The largest absolute Gasteiger partial charge is 0.480 e. The van der Waals surface area contributed by atoms with Gasteiger partial charge in [0.1, 0.15) is 6.10 Å². The lowest BCUT2D eigenvalue weighted by Crippen LogP contribution is -2.32. The van der Waals surface area contributed by atoms with Crippen molar-refractivity contribution in [2.24, 2.45) is 0 Å². The SMILES string of the molecule is CCc1ccc(C2Oc3c(Br)cccc3NC2C)cc1. The molecule has 0 aromatic heterocycles. The summed E-state index contributed by atoms with van der Waals surface area (Å²) in [6.45, 7) is 4.33. The molecule has 1 aliphatic rings. The van der Waals surface area contributed by atoms with Gasteiger partial charge in [-0.1, -0.05) is 37.3 Å². The zero-order valence-electron chi connectivity index (χ0n) is 11.7. The number of fused-ring (bicyclic) bond motifs is 1. The van der Waals surface area contributed by atoms with Gasteiger partial charge in [0.2, 0.25) is 0 Å². The summed E-state index contributed by atoms with van der Waals surface area (Å²) in [7, 11) is 0. The summed E-state index contributed by atoms with van der Waals surface area (Å²) in [4.78, 5) is 0. The van der Waals surface area contributed by atoms with Crippen LogP contribution in [0.1, 0.15) is 31.1 Å². The minimum atomic E-state index is 0.0344. The third kappa shape index (κ3) is 2.42. The molecule has 2 aromatic rings. The molecule has 0 fully saturated rings. The van der Waals surface area contributed by atoms with Crippen LogP contribution in [0.5, 0.6) is 5.75 Å². The summed E-state index contributed by atoms with van der Waals surface area (Å²) in [6, 6.07) is 15.0. The van der Waals surface area contributed by atoms with E-state index in [-0.39, 0.29) is 12.1 Å². The van der Waals surface area contributed by atoms with Crippen LogP contribution in [0, 0.1) is 0 Å². The van der Waals surface area contributed by atoms with E-state index in [1.807, 2.05) is 18.2 Å². The van der Waals surface area contributed by atoms with Gasteiger partial charge in [-0.15, -0.1) is 0 Å². The first-order valence-corrected chi connectivity index (χ1v) is 7.79. The molecule has 1 aliphatic heterocycles. The maximum Gasteiger partial charge on any atom is 0.157 e. The maximum atomic E-state index is 6.23. The highest BCUT2D eigenvalue weighted by Crippen LogP contribution is 2.41. The van der Waals surface area contributed by atoms with Crippen molar-refractivity contribution in [3.8, 4) is 5.75 Å². The van der Waals surface area contributed by atoms with Gasteiger partial charge in [-0.2, -0.15) is 0 Å². The van der Waals surface area contributed by atoms with Crippen molar-refractivity contribution < 1.29 is 4.74 Å². The van der Waals surface area contributed by atoms with E-state index < -0.39 is 0 Å². The number of rotatable bonds is 2. The van der Waals surface area contributed by atoms with Crippen LogP contribution in [-0.2, 0) is 6.42 Å². The van der Waals surface area contributed by atoms with Gasteiger partial charge < -0.3 is 10.1 Å². The van der Waals surface area contributed by atoms with E-state index in [9.17, 15) is 0 Å². The Hall–Kier alpha value is -1.48. The number of hydrogen-bond acceptors (Lipinski definition) is 2. The first-order chi connectivity index (χ1) is 9.69. The van der Waals surface area contributed by atoms with Crippen molar-refractivity contribution in [3.63, 3.8) is 0 Å². The van der Waals surface area contributed by atoms with Crippen molar-refractivity contribution in [1.29, 1.82) is 0 Å². The van der Waals surface area contributed by atoms with E-state index in [0.29, 0.717) is 0 Å². The van der Waals surface area contributed by atoms with Gasteiger partial charge >= 0.3 is 0 Å². The summed E-state index contributed by atoms with van der Waals surface area (Å²) in [5.41, 5.74) is 3.61. The Morgan fingerprint density at radius 3 is 2.60 bits per heavy atom. The predicted molar refractivity (Wildman–Crippen MR) is 86.4 cm³/mol.